The summed E-state index contributed by atoms with van der Waals surface area (Å²) >= 11 is 0. The fraction of sp³-hybridized carbons (Fsp3) is 0.300. The summed E-state index contributed by atoms with van der Waals surface area (Å²) in [7, 11) is 0. The van der Waals surface area contributed by atoms with Crippen LogP contribution in [0.4, 0.5) is 4.39 Å². The van der Waals surface area contributed by atoms with Gasteiger partial charge < -0.3 is 9.88 Å². The number of carbonyl (C=O) groups excluding carboxylic acids is 1. The van der Waals surface area contributed by atoms with Crippen LogP contribution in [0.5, 0.6) is 0 Å². The van der Waals surface area contributed by atoms with Gasteiger partial charge in [-0.3, -0.25) is 4.79 Å². The Morgan fingerprint density at radius 2 is 2.24 bits per heavy atom. The van der Waals surface area contributed by atoms with Crippen LogP contribution < -0.4 is 0 Å². The van der Waals surface area contributed by atoms with Crippen molar-refractivity contribution in [1.82, 2.24) is 14.9 Å². The van der Waals surface area contributed by atoms with E-state index in [-0.39, 0.29) is 11.7 Å². The number of rotatable bonds is 3. The molecule has 1 fully saturated rings. The number of fused-ring (bicyclic) bond motifs is 1. The summed E-state index contributed by atoms with van der Waals surface area (Å²) < 4.78 is 13.4. The minimum Gasteiger partial charge on any atom is -0.346 e. The maximum atomic E-state index is 13.4. The number of amides is 1. The Kier molecular flexibility index (Phi) is 4.22. The molecular weight excluding hydrogens is 317 g/mol. The first-order chi connectivity index (χ1) is 12.2. The summed E-state index contributed by atoms with van der Waals surface area (Å²) in [5.41, 5.74) is 2.52. The molecule has 1 aromatic carbocycles. The van der Waals surface area contributed by atoms with Crippen LogP contribution in [0.15, 0.2) is 48.8 Å². The SMILES string of the molecule is O=C(c1cccc(F)c1)N1CCCC(Cc2cnc3[nH]ccc3c2)C1. The van der Waals surface area contributed by atoms with Gasteiger partial charge >= 0.3 is 0 Å². The molecule has 1 aliphatic rings. The van der Waals surface area contributed by atoms with E-state index in [0.717, 1.165) is 36.8 Å². The van der Waals surface area contributed by atoms with Crippen molar-refractivity contribution in [2.45, 2.75) is 19.3 Å². The zero-order chi connectivity index (χ0) is 17.2. The zero-order valence-electron chi connectivity index (χ0n) is 13.9. The number of nitrogens with one attached hydrogen (secondary N) is 1. The molecule has 1 atom stereocenters. The van der Waals surface area contributed by atoms with Gasteiger partial charge in [0, 0.05) is 36.4 Å². The monoisotopic (exact) mass is 337 g/mol. The lowest BCUT2D eigenvalue weighted by Gasteiger charge is -2.33. The molecular formula is C20H20FN3O. The number of carbonyl (C=O) groups is 1. The first kappa shape index (κ1) is 15.8. The van der Waals surface area contributed by atoms with Crippen LogP contribution in [0.2, 0.25) is 0 Å². The van der Waals surface area contributed by atoms with Crippen LogP contribution in [0, 0.1) is 11.7 Å². The molecule has 0 saturated carbocycles. The van der Waals surface area contributed by atoms with E-state index in [1.165, 1.54) is 17.7 Å². The highest BCUT2D eigenvalue weighted by Gasteiger charge is 2.25. The molecule has 0 radical (unpaired) electrons. The zero-order valence-corrected chi connectivity index (χ0v) is 13.9. The normalized spacial score (nSPS) is 17.8. The van der Waals surface area contributed by atoms with Crippen molar-refractivity contribution < 1.29 is 9.18 Å². The summed E-state index contributed by atoms with van der Waals surface area (Å²) in [6.07, 6.45) is 6.78. The standard InChI is InChI=1S/C20H20FN3O/c21-18-5-1-4-17(11-18)20(25)24-8-2-3-14(13-24)9-15-10-16-6-7-22-19(16)23-12-15/h1,4-7,10-12,14H,2-3,8-9,13H2,(H,22,23). The molecule has 1 amide bonds. The van der Waals surface area contributed by atoms with Crippen LogP contribution in [-0.2, 0) is 6.42 Å². The van der Waals surface area contributed by atoms with Crippen LogP contribution in [0.1, 0.15) is 28.8 Å². The average molecular weight is 337 g/mol. The first-order valence-electron chi connectivity index (χ1n) is 8.66. The number of hydrogen-bond acceptors (Lipinski definition) is 2. The first-order valence-corrected chi connectivity index (χ1v) is 8.66. The fourth-order valence-corrected chi connectivity index (χ4v) is 3.65. The maximum absolute atomic E-state index is 13.4. The van der Waals surface area contributed by atoms with E-state index < -0.39 is 0 Å². The summed E-state index contributed by atoms with van der Waals surface area (Å²) in [5.74, 6) is -0.0434. The third-order valence-electron chi connectivity index (χ3n) is 4.86. The second kappa shape index (κ2) is 6.67. The minimum absolute atomic E-state index is 0.0802. The van der Waals surface area contributed by atoms with Crippen molar-refractivity contribution >= 4 is 16.9 Å². The number of pyridine rings is 1. The number of nitrogens with zero attached hydrogens (tertiary/aromatic N) is 2. The van der Waals surface area contributed by atoms with E-state index in [9.17, 15) is 9.18 Å². The van der Waals surface area contributed by atoms with Gasteiger partial charge in [-0.2, -0.15) is 0 Å². The number of aromatic nitrogens is 2. The van der Waals surface area contributed by atoms with E-state index in [1.807, 2.05) is 23.4 Å². The Bertz CT molecular complexity index is 905. The van der Waals surface area contributed by atoms with Gasteiger partial charge in [0.25, 0.3) is 5.91 Å². The van der Waals surface area contributed by atoms with Crippen LogP contribution in [-0.4, -0.2) is 33.9 Å². The molecule has 2 aromatic heterocycles. The highest BCUT2D eigenvalue weighted by atomic mass is 19.1. The summed E-state index contributed by atoms with van der Waals surface area (Å²) in [5, 5.41) is 1.11. The maximum Gasteiger partial charge on any atom is 0.253 e. The van der Waals surface area contributed by atoms with Crippen LogP contribution in [0.3, 0.4) is 0 Å². The minimum atomic E-state index is -0.370. The summed E-state index contributed by atoms with van der Waals surface area (Å²) in [6, 6.07) is 10.1. The molecule has 1 unspecified atom stereocenters. The Balaban J connectivity index is 1.46. The Morgan fingerprint density at radius 3 is 3.12 bits per heavy atom. The molecule has 4 rings (SSSR count). The van der Waals surface area contributed by atoms with Gasteiger partial charge in [0.1, 0.15) is 11.5 Å². The lowest BCUT2D eigenvalue weighted by Crippen LogP contribution is -2.40. The Hall–Kier alpha value is -2.69. The van der Waals surface area contributed by atoms with Gasteiger partial charge in [0.05, 0.1) is 0 Å². The lowest BCUT2D eigenvalue weighted by atomic mass is 9.91. The molecule has 1 N–H and O–H groups in total. The molecule has 0 spiro atoms. The Morgan fingerprint density at radius 1 is 1.32 bits per heavy atom. The van der Waals surface area contributed by atoms with Crippen molar-refractivity contribution in [2.75, 3.05) is 13.1 Å². The Labute approximate surface area is 145 Å². The van der Waals surface area contributed by atoms with Gasteiger partial charge in [-0.15, -0.1) is 0 Å². The quantitative estimate of drug-likeness (QED) is 0.790. The third-order valence-corrected chi connectivity index (χ3v) is 4.86. The number of hydrogen-bond donors (Lipinski definition) is 1. The number of benzene rings is 1. The van der Waals surface area contributed by atoms with Crippen LogP contribution in [0.25, 0.3) is 11.0 Å². The molecule has 3 heterocycles. The molecule has 25 heavy (non-hydrogen) atoms. The highest BCUT2D eigenvalue weighted by Crippen LogP contribution is 2.23. The van der Waals surface area contributed by atoms with E-state index in [0.29, 0.717) is 18.0 Å². The third kappa shape index (κ3) is 3.40. The topological polar surface area (TPSA) is 49.0 Å². The smallest absolute Gasteiger partial charge is 0.253 e. The van der Waals surface area contributed by atoms with Gasteiger partial charge in [0.15, 0.2) is 0 Å². The number of aromatic amines is 1. The van der Waals surface area contributed by atoms with Crippen molar-refractivity contribution in [3.63, 3.8) is 0 Å². The number of likely N-dealkylation sites (tertiary alicyclic amines) is 1. The second-order valence-corrected chi connectivity index (χ2v) is 6.73. The van der Waals surface area contributed by atoms with Crippen molar-refractivity contribution in [1.29, 1.82) is 0 Å². The molecule has 4 nitrogen and oxygen atoms in total. The summed E-state index contributed by atoms with van der Waals surface area (Å²) in [6.45, 7) is 1.45. The molecule has 1 saturated heterocycles. The molecule has 1 aliphatic heterocycles. The van der Waals surface area contributed by atoms with E-state index in [1.54, 1.807) is 12.1 Å². The predicted molar refractivity (Wildman–Crippen MR) is 94.8 cm³/mol. The van der Waals surface area contributed by atoms with Crippen molar-refractivity contribution in [3.05, 3.63) is 65.7 Å². The van der Waals surface area contributed by atoms with Crippen molar-refractivity contribution in [3.8, 4) is 0 Å². The van der Waals surface area contributed by atoms with Crippen molar-refractivity contribution in [2.24, 2.45) is 5.92 Å². The van der Waals surface area contributed by atoms with Gasteiger partial charge in [0.2, 0.25) is 0 Å². The lowest BCUT2D eigenvalue weighted by molar-refractivity contribution is 0.0673. The van der Waals surface area contributed by atoms with Crippen LogP contribution >= 0.6 is 0 Å². The van der Waals surface area contributed by atoms with Gasteiger partial charge in [-0.05, 0) is 61.1 Å². The largest absolute Gasteiger partial charge is 0.346 e. The van der Waals surface area contributed by atoms with E-state index >= 15 is 0 Å². The van der Waals surface area contributed by atoms with E-state index in [4.69, 9.17) is 0 Å². The average Bonchev–Trinajstić information content (AvgIpc) is 3.09. The summed E-state index contributed by atoms with van der Waals surface area (Å²) in [4.78, 5) is 22.0. The highest BCUT2D eigenvalue weighted by molar-refractivity contribution is 5.94. The number of H-pyrrole nitrogens is 1. The fourth-order valence-electron chi connectivity index (χ4n) is 3.65. The molecule has 0 bridgehead atoms. The van der Waals surface area contributed by atoms with E-state index in [2.05, 4.69) is 16.0 Å². The molecule has 5 heteroatoms. The van der Waals surface area contributed by atoms with Gasteiger partial charge in [-0.25, -0.2) is 9.37 Å². The predicted octanol–water partition coefficient (Wildman–Crippen LogP) is 3.80. The molecule has 128 valence electrons. The number of piperidine rings is 1. The van der Waals surface area contributed by atoms with Gasteiger partial charge in [-0.1, -0.05) is 6.07 Å². The molecule has 0 aliphatic carbocycles. The molecule has 3 aromatic rings. The number of halogens is 1. The second-order valence-electron chi connectivity index (χ2n) is 6.73.